The Morgan fingerprint density at radius 3 is 2.48 bits per heavy atom. The van der Waals surface area contributed by atoms with Crippen LogP contribution in [0.3, 0.4) is 0 Å². The number of hydrogen-bond acceptors (Lipinski definition) is 6. The molecule has 0 aliphatic carbocycles. The molecule has 0 radical (unpaired) electrons. The van der Waals surface area contributed by atoms with Gasteiger partial charge >= 0.3 is 5.97 Å². The summed E-state index contributed by atoms with van der Waals surface area (Å²) in [6, 6.07) is 13.5. The summed E-state index contributed by atoms with van der Waals surface area (Å²) in [5.74, 6) is 0.696. The van der Waals surface area contributed by atoms with Crippen LogP contribution in [0.2, 0.25) is 0 Å². The van der Waals surface area contributed by atoms with Gasteiger partial charge < -0.3 is 14.5 Å². The lowest BCUT2D eigenvalue weighted by Gasteiger charge is -2.37. The van der Waals surface area contributed by atoms with Crippen LogP contribution in [0, 0.1) is 0 Å². The molecule has 7 nitrogen and oxygen atoms in total. The van der Waals surface area contributed by atoms with E-state index in [2.05, 4.69) is 14.8 Å². The maximum Gasteiger partial charge on any atom is 0.339 e. The number of benzene rings is 1. The first-order chi connectivity index (χ1) is 14.2. The number of pyridine rings is 1. The van der Waals surface area contributed by atoms with Crippen molar-refractivity contribution in [2.45, 2.75) is 19.4 Å². The van der Waals surface area contributed by atoms with E-state index in [1.54, 1.807) is 19.2 Å². The molecule has 0 bridgehead atoms. The van der Waals surface area contributed by atoms with Gasteiger partial charge in [0.05, 0.1) is 18.2 Å². The standard InChI is InChI=1S/C22H26N4O3/c1-2-29-22(28)17-8-9-20(23-16-17)25-14-12-24(13-15-25)19-10-11-26(21(19)27)18-6-4-3-5-7-18/h3-9,16,19H,2,10-15H2,1H3. The number of nitrogens with zero attached hydrogens (tertiary/aromatic N) is 4. The van der Waals surface area contributed by atoms with E-state index in [1.165, 1.54) is 0 Å². The molecule has 3 heterocycles. The van der Waals surface area contributed by atoms with Crippen LogP contribution in [0.15, 0.2) is 48.7 Å². The van der Waals surface area contributed by atoms with Crippen LogP contribution in [0.25, 0.3) is 0 Å². The first kappa shape index (κ1) is 19.4. The molecular formula is C22H26N4O3. The lowest BCUT2D eigenvalue weighted by atomic mass is 10.1. The molecule has 2 saturated heterocycles. The lowest BCUT2D eigenvalue weighted by Crippen LogP contribution is -2.52. The van der Waals surface area contributed by atoms with Crippen molar-refractivity contribution < 1.29 is 14.3 Å². The highest BCUT2D eigenvalue weighted by molar-refractivity contribution is 5.99. The molecule has 1 atom stereocenters. The fourth-order valence-electron chi connectivity index (χ4n) is 4.04. The first-order valence-corrected chi connectivity index (χ1v) is 10.2. The van der Waals surface area contributed by atoms with Crippen molar-refractivity contribution in [3.63, 3.8) is 0 Å². The maximum atomic E-state index is 12.9. The molecule has 1 unspecified atom stereocenters. The van der Waals surface area contributed by atoms with Gasteiger partial charge in [-0.1, -0.05) is 18.2 Å². The maximum absolute atomic E-state index is 12.9. The van der Waals surface area contributed by atoms with Crippen LogP contribution in [-0.4, -0.2) is 67.1 Å². The number of piperazine rings is 1. The topological polar surface area (TPSA) is 66.0 Å². The monoisotopic (exact) mass is 394 g/mol. The molecule has 1 aromatic heterocycles. The molecular weight excluding hydrogens is 368 g/mol. The molecule has 2 aliphatic heterocycles. The van der Waals surface area contributed by atoms with Crippen LogP contribution in [0.5, 0.6) is 0 Å². The number of carbonyl (C=O) groups is 2. The summed E-state index contributed by atoms with van der Waals surface area (Å²) in [7, 11) is 0. The highest BCUT2D eigenvalue weighted by Crippen LogP contribution is 2.25. The predicted octanol–water partition coefficient (Wildman–Crippen LogP) is 2.19. The van der Waals surface area contributed by atoms with Gasteiger partial charge in [0.1, 0.15) is 5.82 Å². The summed E-state index contributed by atoms with van der Waals surface area (Å²) >= 11 is 0. The van der Waals surface area contributed by atoms with Crippen molar-refractivity contribution in [2.75, 3.05) is 49.1 Å². The van der Waals surface area contributed by atoms with Crippen LogP contribution >= 0.6 is 0 Å². The summed E-state index contributed by atoms with van der Waals surface area (Å²) < 4.78 is 5.00. The molecule has 7 heteroatoms. The third kappa shape index (κ3) is 4.10. The van der Waals surface area contributed by atoms with Crippen LogP contribution in [-0.2, 0) is 9.53 Å². The Bertz CT molecular complexity index is 848. The van der Waals surface area contributed by atoms with Crippen molar-refractivity contribution in [3.8, 4) is 0 Å². The number of esters is 1. The normalized spacial score (nSPS) is 20.2. The predicted molar refractivity (Wildman–Crippen MR) is 111 cm³/mol. The lowest BCUT2D eigenvalue weighted by molar-refractivity contribution is -0.121. The highest BCUT2D eigenvalue weighted by atomic mass is 16.5. The number of para-hydroxylation sites is 1. The third-order valence-electron chi connectivity index (χ3n) is 5.58. The van der Waals surface area contributed by atoms with E-state index in [0.29, 0.717) is 12.2 Å². The van der Waals surface area contributed by atoms with E-state index >= 15 is 0 Å². The second kappa shape index (κ2) is 8.61. The molecule has 0 N–H and O–H groups in total. The average Bonchev–Trinajstić information content (AvgIpc) is 3.16. The molecule has 2 aliphatic rings. The SMILES string of the molecule is CCOC(=O)c1ccc(N2CCN(C3CCN(c4ccccc4)C3=O)CC2)nc1. The first-order valence-electron chi connectivity index (χ1n) is 10.2. The Labute approximate surface area is 170 Å². The number of rotatable bonds is 5. The van der Waals surface area contributed by atoms with Crippen molar-refractivity contribution in [3.05, 3.63) is 54.2 Å². The summed E-state index contributed by atoms with van der Waals surface area (Å²) in [4.78, 5) is 35.5. The van der Waals surface area contributed by atoms with Gasteiger partial charge in [0, 0.05) is 44.6 Å². The molecule has 1 aromatic carbocycles. The zero-order valence-corrected chi connectivity index (χ0v) is 16.7. The fourth-order valence-corrected chi connectivity index (χ4v) is 4.04. The zero-order chi connectivity index (χ0) is 20.2. The number of ether oxygens (including phenoxy) is 1. The van der Waals surface area contributed by atoms with Crippen LogP contribution in [0.1, 0.15) is 23.7 Å². The fraction of sp³-hybridized carbons (Fsp3) is 0.409. The Hall–Kier alpha value is -2.93. The largest absolute Gasteiger partial charge is 0.462 e. The van der Waals surface area contributed by atoms with E-state index in [0.717, 1.165) is 50.6 Å². The van der Waals surface area contributed by atoms with E-state index in [4.69, 9.17) is 4.74 Å². The van der Waals surface area contributed by atoms with Gasteiger partial charge in [0.2, 0.25) is 5.91 Å². The molecule has 4 rings (SSSR count). The number of carbonyl (C=O) groups excluding carboxylic acids is 2. The average molecular weight is 394 g/mol. The molecule has 0 spiro atoms. The zero-order valence-electron chi connectivity index (χ0n) is 16.7. The second-order valence-corrected chi connectivity index (χ2v) is 7.28. The molecule has 2 fully saturated rings. The second-order valence-electron chi connectivity index (χ2n) is 7.28. The minimum Gasteiger partial charge on any atom is -0.462 e. The molecule has 2 aromatic rings. The molecule has 1 amide bonds. The van der Waals surface area contributed by atoms with Gasteiger partial charge in [-0.05, 0) is 37.6 Å². The van der Waals surface area contributed by atoms with Crippen molar-refractivity contribution in [2.24, 2.45) is 0 Å². The van der Waals surface area contributed by atoms with Crippen LogP contribution < -0.4 is 9.80 Å². The summed E-state index contributed by atoms with van der Waals surface area (Å²) in [6.45, 7) is 6.16. The third-order valence-corrected chi connectivity index (χ3v) is 5.58. The van der Waals surface area contributed by atoms with Gasteiger partial charge in [-0.2, -0.15) is 0 Å². The van der Waals surface area contributed by atoms with Gasteiger partial charge in [0.25, 0.3) is 0 Å². The summed E-state index contributed by atoms with van der Waals surface area (Å²) in [5.41, 5.74) is 1.44. The van der Waals surface area contributed by atoms with Gasteiger partial charge in [-0.3, -0.25) is 9.69 Å². The molecule has 29 heavy (non-hydrogen) atoms. The number of aromatic nitrogens is 1. The van der Waals surface area contributed by atoms with E-state index in [1.807, 2.05) is 41.3 Å². The van der Waals surface area contributed by atoms with Gasteiger partial charge in [0.15, 0.2) is 0 Å². The minimum absolute atomic E-state index is 0.0449. The Kier molecular flexibility index (Phi) is 5.76. The van der Waals surface area contributed by atoms with Crippen LogP contribution in [0.4, 0.5) is 11.5 Å². The van der Waals surface area contributed by atoms with Crippen molar-refractivity contribution in [1.29, 1.82) is 0 Å². The highest BCUT2D eigenvalue weighted by Gasteiger charge is 2.37. The Morgan fingerprint density at radius 2 is 1.83 bits per heavy atom. The quantitative estimate of drug-likeness (QED) is 0.725. The smallest absolute Gasteiger partial charge is 0.339 e. The van der Waals surface area contributed by atoms with E-state index in [9.17, 15) is 9.59 Å². The molecule has 0 saturated carbocycles. The number of amides is 1. The Balaban J connectivity index is 1.34. The summed E-state index contributed by atoms with van der Waals surface area (Å²) in [6.07, 6.45) is 2.43. The van der Waals surface area contributed by atoms with E-state index in [-0.39, 0.29) is 17.9 Å². The van der Waals surface area contributed by atoms with Gasteiger partial charge in [-0.15, -0.1) is 0 Å². The van der Waals surface area contributed by atoms with Gasteiger partial charge in [-0.25, -0.2) is 9.78 Å². The Morgan fingerprint density at radius 1 is 1.07 bits per heavy atom. The van der Waals surface area contributed by atoms with E-state index < -0.39 is 0 Å². The summed E-state index contributed by atoms with van der Waals surface area (Å²) in [5, 5.41) is 0. The minimum atomic E-state index is -0.348. The van der Waals surface area contributed by atoms with Crippen molar-refractivity contribution >= 4 is 23.4 Å². The number of hydrogen-bond donors (Lipinski definition) is 0. The van der Waals surface area contributed by atoms with Crippen molar-refractivity contribution in [1.82, 2.24) is 9.88 Å². The number of anilines is 2. The molecule has 152 valence electrons.